The molecule has 4 rings (SSSR count). The van der Waals surface area contributed by atoms with E-state index in [0.29, 0.717) is 24.9 Å². The molecule has 41 heavy (non-hydrogen) atoms. The maximum Gasteiger partial charge on any atom is 0.245 e. The number of nitrogens with two attached hydrogens (primary N) is 1. The van der Waals surface area contributed by atoms with Crippen LogP contribution in [-0.2, 0) is 30.8 Å². The molecule has 0 aliphatic carbocycles. The Balaban J connectivity index is 1.56. The Labute approximate surface area is 239 Å². The van der Waals surface area contributed by atoms with Gasteiger partial charge in [-0.15, -0.1) is 0 Å². The minimum Gasteiger partial charge on any atom is -0.384 e. The van der Waals surface area contributed by atoms with Crippen LogP contribution in [0.5, 0.6) is 0 Å². The summed E-state index contributed by atoms with van der Waals surface area (Å²) in [6.45, 7) is 1.16. The second-order valence-corrected chi connectivity index (χ2v) is 11.9. The molecule has 1 saturated heterocycles. The highest BCUT2D eigenvalue weighted by molar-refractivity contribution is 7.89. The summed E-state index contributed by atoms with van der Waals surface area (Å²) in [5.41, 5.74) is 6.83. The van der Waals surface area contributed by atoms with Crippen molar-refractivity contribution >= 4 is 44.7 Å². The fourth-order valence-corrected chi connectivity index (χ4v) is 6.20. The highest BCUT2D eigenvalue weighted by atomic mass is 32.2. The zero-order valence-corrected chi connectivity index (χ0v) is 23.5. The number of nitrogens with zero attached hydrogens (tertiary/aromatic N) is 1. The maximum atomic E-state index is 13.5. The molecule has 5 N–H and O–H groups in total. The largest absolute Gasteiger partial charge is 0.384 e. The Morgan fingerprint density at radius 3 is 2.29 bits per heavy atom. The van der Waals surface area contributed by atoms with Gasteiger partial charge < -0.3 is 20.7 Å². The molecular weight excluding hydrogens is 542 g/mol. The van der Waals surface area contributed by atoms with E-state index in [1.54, 1.807) is 47.4 Å². The van der Waals surface area contributed by atoms with Gasteiger partial charge in [0.15, 0.2) is 0 Å². The van der Waals surface area contributed by atoms with E-state index in [4.69, 9.17) is 11.1 Å². The number of carbonyl (C=O) groups excluding carboxylic acids is 3. The van der Waals surface area contributed by atoms with Crippen molar-refractivity contribution in [2.75, 3.05) is 13.1 Å². The van der Waals surface area contributed by atoms with Crippen LogP contribution in [0, 0.1) is 5.41 Å². The van der Waals surface area contributed by atoms with Gasteiger partial charge in [0.1, 0.15) is 24.2 Å². The first-order valence-corrected chi connectivity index (χ1v) is 15.1. The molecule has 3 aromatic carbocycles. The van der Waals surface area contributed by atoms with E-state index in [0.717, 1.165) is 35.6 Å². The Hall–Kier alpha value is -4.09. The topological polar surface area (TPSA) is 163 Å². The van der Waals surface area contributed by atoms with Gasteiger partial charge in [0.2, 0.25) is 21.8 Å². The number of fused-ring (bicyclic) bond motifs is 1. The maximum absolute atomic E-state index is 13.5. The first kappa shape index (κ1) is 29.9. The van der Waals surface area contributed by atoms with Gasteiger partial charge >= 0.3 is 0 Å². The number of nitrogens with one attached hydrogen (secondary N) is 3. The van der Waals surface area contributed by atoms with E-state index in [-0.39, 0.29) is 35.9 Å². The summed E-state index contributed by atoms with van der Waals surface area (Å²) in [4.78, 5) is 40.0. The number of likely N-dealkylation sites (tertiary alicyclic amines) is 1. The minimum absolute atomic E-state index is 0.00777. The first-order valence-electron chi connectivity index (χ1n) is 13.7. The van der Waals surface area contributed by atoms with Crippen molar-refractivity contribution in [2.24, 2.45) is 5.73 Å². The smallest absolute Gasteiger partial charge is 0.245 e. The number of aldehydes is 1. The molecule has 1 aliphatic rings. The van der Waals surface area contributed by atoms with E-state index in [2.05, 4.69) is 10.0 Å². The number of benzene rings is 3. The molecule has 1 heterocycles. The monoisotopic (exact) mass is 577 g/mol. The van der Waals surface area contributed by atoms with Crippen LogP contribution in [0.4, 0.5) is 0 Å². The van der Waals surface area contributed by atoms with Gasteiger partial charge in [-0.25, -0.2) is 8.42 Å². The lowest BCUT2D eigenvalue weighted by atomic mass is 10.0. The molecular formula is C30H35N5O5S. The minimum atomic E-state index is -4.13. The summed E-state index contributed by atoms with van der Waals surface area (Å²) in [5.74, 6) is -1.02. The first-order chi connectivity index (χ1) is 19.7. The van der Waals surface area contributed by atoms with Crippen molar-refractivity contribution in [3.63, 3.8) is 0 Å². The summed E-state index contributed by atoms with van der Waals surface area (Å²) >= 11 is 0. The summed E-state index contributed by atoms with van der Waals surface area (Å²) in [5, 5.41) is 12.0. The standard InChI is InChI=1S/C30H35N5O5S/c31-28(32)23-12-10-21(11-13-23)19-27(30(38)35-16-4-1-5-17-35)33-29(37)26(9-6-18-36)34-41(39,40)25-15-14-22-7-2-3-8-24(22)20-25/h2-3,7-8,10-15,18,20,26-27,34H,1,4-6,9,16-17,19H2,(H3,31,32)(H,33,37)/t26-,27+/m0/s1. The van der Waals surface area contributed by atoms with Crippen molar-refractivity contribution in [3.8, 4) is 0 Å². The number of nitrogen functional groups attached to an aromatic ring is 1. The Bertz CT molecular complexity index is 1520. The van der Waals surface area contributed by atoms with E-state index >= 15 is 0 Å². The molecule has 2 atom stereocenters. The molecule has 0 spiro atoms. The molecule has 0 unspecified atom stereocenters. The van der Waals surface area contributed by atoms with Crippen molar-refractivity contribution < 1.29 is 22.8 Å². The third-order valence-electron chi connectivity index (χ3n) is 7.21. The van der Waals surface area contributed by atoms with Crippen molar-refractivity contribution in [3.05, 3.63) is 77.9 Å². The molecule has 1 fully saturated rings. The number of sulfonamides is 1. The number of amidine groups is 1. The summed E-state index contributed by atoms with van der Waals surface area (Å²) in [6.07, 6.45) is 3.43. The average molecular weight is 578 g/mol. The van der Waals surface area contributed by atoms with Crippen LogP contribution >= 0.6 is 0 Å². The van der Waals surface area contributed by atoms with Crippen LogP contribution in [0.15, 0.2) is 71.6 Å². The van der Waals surface area contributed by atoms with Gasteiger partial charge in [-0.3, -0.25) is 15.0 Å². The van der Waals surface area contributed by atoms with Crippen LogP contribution < -0.4 is 15.8 Å². The number of hydrogen-bond donors (Lipinski definition) is 4. The quantitative estimate of drug-likeness (QED) is 0.147. The van der Waals surface area contributed by atoms with Crippen molar-refractivity contribution in [2.45, 2.75) is 55.5 Å². The van der Waals surface area contributed by atoms with Crippen molar-refractivity contribution in [1.29, 1.82) is 5.41 Å². The summed E-state index contributed by atoms with van der Waals surface area (Å²) in [7, 11) is -4.13. The van der Waals surface area contributed by atoms with Gasteiger partial charge in [0.05, 0.1) is 4.90 Å². The molecule has 0 radical (unpaired) electrons. The van der Waals surface area contributed by atoms with Crippen LogP contribution in [0.25, 0.3) is 10.8 Å². The lowest BCUT2D eigenvalue weighted by Gasteiger charge is -2.31. The molecule has 216 valence electrons. The van der Waals surface area contributed by atoms with Crippen molar-refractivity contribution in [1.82, 2.24) is 14.9 Å². The average Bonchev–Trinajstić information content (AvgIpc) is 2.98. The van der Waals surface area contributed by atoms with E-state index in [1.807, 2.05) is 12.1 Å². The van der Waals surface area contributed by atoms with Crippen LogP contribution in [-0.4, -0.2) is 62.4 Å². The number of piperidine rings is 1. The zero-order chi connectivity index (χ0) is 29.4. The number of rotatable bonds is 12. The highest BCUT2D eigenvalue weighted by Gasteiger charge is 2.32. The number of amides is 2. The van der Waals surface area contributed by atoms with Gasteiger partial charge in [-0.2, -0.15) is 4.72 Å². The zero-order valence-electron chi connectivity index (χ0n) is 22.7. The molecule has 0 aromatic heterocycles. The van der Waals surface area contributed by atoms with Gasteiger partial charge in [0.25, 0.3) is 0 Å². The van der Waals surface area contributed by atoms with Crippen LogP contribution in [0.3, 0.4) is 0 Å². The van der Waals surface area contributed by atoms with Crippen LogP contribution in [0.1, 0.15) is 43.2 Å². The molecule has 2 amide bonds. The number of carbonyl (C=O) groups is 3. The molecule has 3 aromatic rings. The Kier molecular flexibility index (Phi) is 9.85. The SMILES string of the molecule is N=C(N)c1ccc(C[C@@H](NC(=O)[C@H](CCC=O)NS(=O)(=O)c2ccc3ccccc3c2)C(=O)N2CCCCC2)cc1. The predicted octanol–water partition coefficient (Wildman–Crippen LogP) is 2.49. The summed E-state index contributed by atoms with van der Waals surface area (Å²) in [6, 6.07) is 16.6. The second kappa shape index (κ2) is 13.5. The van der Waals surface area contributed by atoms with Gasteiger partial charge in [0, 0.05) is 31.5 Å². The molecule has 11 heteroatoms. The fourth-order valence-electron chi connectivity index (χ4n) is 4.93. The highest BCUT2D eigenvalue weighted by Crippen LogP contribution is 2.20. The number of hydrogen-bond acceptors (Lipinski definition) is 6. The third-order valence-corrected chi connectivity index (χ3v) is 8.67. The Morgan fingerprint density at radius 2 is 1.63 bits per heavy atom. The normalized spacial score (nSPS) is 15.2. The summed E-state index contributed by atoms with van der Waals surface area (Å²) < 4.78 is 29.1. The lowest BCUT2D eigenvalue weighted by molar-refractivity contribution is -0.137. The fraction of sp³-hybridized carbons (Fsp3) is 0.333. The van der Waals surface area contributed by atoms with E-state index in [9.17, 15) is 22.8 Å². The molecule has 0 saturated carbocycles. The molecule has 1 aliphatic heterocycles. The van der Waals surface area contributed by atoms with Gasteiger partial charge in [-0.05, 0) is 54.2 Å². The van der Waals surface area contributed by atoms with Gasteiger partial charge in [-0.1, -0.05) is 54.6 Å². The predicted molar refractivity (Wildman–Crippen MR) is 157 cm³/mol. The van der Waals surface area contributed by atoms with E-state index < -0.39 is 28.0 Å². The van der Waals surface area contributed by atoms with E-state index in [1.165, 1.54) is 12.1 Å². The molecule has 10 nitrogen and oxygen atoms in total. The second-order valence-electron chi connectivity index (χ2n) is 10.2. The Morgan fingerprint density at radius 1 is 0.951 bits per heavy atom. The molecule has 0 bridgehead atoms. The van der Waals surface area contributed by atoms with Crippen LogP contribution in [0.2, 0.25) is 0 Å². The third kappa shape index (κ3) is 7.77. The lowest BCUT2D eigenvalue weighted by Crippen LogP contribution is -2.55.